The molecule has 0 bridgehead atoms. The van der Waals surface area contributed by atoms with Crippen molar-refractivity contribution >= 4 is 11.9 Å². The summed E-state index contributed by atoms with van der Waals surface area (Å²) < 4.78 is 5.36. The Morgan fingerprint density at radius 1 is 1.33 bits per heavy atom. The summed E-state index contributed by atoms with van der Waals surface area (Å²) in [5.74, 6) is -1.32. The summed E-state index contributed by atoms with van der Waals surface area (Å²) in [4.78, 5) is 23.4. The molecule has 128 valence electrons. The zero-order chi connectivity index (χ0) is 17.5. The quantitative estimate of drug-likeness (QED) is 0.684. The van der Waals surface area contributed by atoms with Crippen LogP contribution in [0.15, 0.2) is 30.3 Å². The zero-order valence-electron chi connectivity index (χ0n) is 13.7. The molecule has 2 rings (SSSR count). The maximum absolute atomic E-state index is 12.0. The number of carboxylic acids is 1. The lowest BCUT2D eigenvalue weighted by Gasteiger charge is -2.13. The number of ether oxygens (including phenoxy) is 1. The number of aromatic nitrogens is 2. The number of hydrogen-bond acceptors (Lipinski definition) is 4. The summed E-state index contributed by atoms with van der Waals surface area (Å²) in [6.45, 7) is 4.30. The van der Waals surface area contributed by atoms with Crippen molar-refractivity contribution in [3.8, 4) is 5.75 Å². The van der Waals surface area contributed by atoms with E-state index < -0.39 is 17.8 Å². The van der Waals surface area contributed by atoms with Gasteiger partial charge in [0, 0.05) is 12.2 Å². The highest BCUT2D eigenvalue weighted by Gasteiger charge is 2.20. The van der Waals surface area contributed by atoms with E-state index in [2.05, 4.69) is 15.5 Å². The van der Waals surface area contributed by atoms with E-state index in [0.29, 0.717) is 13.0 Å². The number of H-pyrrole nitrogens is 1. The predicted molar refractivity (Wildman–Crippen MR) is 88.1 cm³/mol. The zero-order valence-corrected chi connectivity index (χ0v) is 13.7. The van der Waals surface area contributed by atoms with Crippen molar-refractivity contribution in [1.29, 1.82) is 0 Å². The van der Waals surface area contributed by atoms with Gasteiger partial charge in [0.15, 0.2) is 0 Å². The third-order valence-corrected chi connectivity index (χ3v) is 3.51. The third kappa shape index (κ3) is 4.84. The average molecular weight is 331 g/mol. The molecule has 0 saturated heterocycles. The van der Waals surface area contributed by atoms with E-state index in [-0.39, 0.29) is 12.2 Å². The second-order valence-electron chi connectivity index (χ2n) is 5.46. The molecule has 24 heavy (non-hydrogen) atoms. The highest BCUT2D eigenvalue weighted by Crippen LogP contribution is 2.15. The van der Waals surface area contributed by atoms with Crippen LogP contribution in [0.25, 0.3) is 0 Å². The van der Waals surface area contributed by atoms with Crippen LogP contribution in [0, 0.1) is 12.8 Å². The summed E-state index contributed by atoms with van der Waals surface area (Å²) in [6.07, 6.45) is 0.321. The first-order chi connectivity index (χ1) is 11.5. The largest absolute Gasteiger partial charge is 0.494 e. The summed E-state index contributed by atoms with van der Waals surface area (Å²) >= 11 is 0. The van der Waals surface area contributed by atoms with Gasteiger partial charge >= 0.3 is 5.97 Å². The van der Waals surface area contributed by atoms with Gasteiger partial charge in [-0.05, 0) is 44.0 Å². The van der Waals surface area contributed by atoms with Crippen LogP contribution in [-0.4, -0.2) is 40.3 Å². The van der Waals surface area contributed by atoms with Crippen molar-refractivity contribution < 1.29 is 19.4 Å². The minimum Gasteiger partial charge on any atom is -0.494 e. The number of nitrogens with zero attached hydrogens (tertiary/aromatic N) is 1. The van der Waals surface area contributed by atoms with Crippen molar-refractivity contribution in [1.82, 2.24) is 15.5 Å². The van der Waals surface area contributed by atoms with Gasteiger partial charge in [-0.25, -0.2) is 0 Å². The highest BCUT2D eigenvalue weighted by molar-refractivity contribution is 5.92. The Bertz CT molecular complexity index is 694. The Kier molecular flexibility index (Phi) is 5.95. The number of aliphatic carboxylic acids is 1. The fourth-order valence-electron chi connectivity index (χ4n) is 2.26. The standard InChI is InChI=1S/C17H21N3O4/c1-3-24-14-6-4-12(5-7-14)9-13(17(22)23)10-18-16(21)15-8-11(2)19-20-15/h4-8,13H,3,9-10H2,1-2H3,(H,18,21)(H,19,20)(H,22,23). The van der Waals surface area contributed by atoms with E-state index in [1.807, 2.05) is 31.2 Å². The number of rotatable bonds is 8. The number of carbonyl (C=O) groups is 2. The molecule has 0 aliphatic heterocycles. The monoisotopic (exact) mass is 331 g/mol. The Morgan fingerprint density at radius 2 is 2.04 bits per heavy atom. The first kappa shape index (κ1) is 17.5. The van der Waals surface area contributed by atoms with Crippen molar-refractivity contribution in [2.24, 2.45) is 5.92 Å². The van der Waals surface area contributed by atoms with Crippen LogP contribution >= 0.6 is 0 Å². The molecule has 1 aromatic heterocycles. The molecule has 0 fully saturated rings. The molecule has 7 heteroatoms. The fraction of sp³-hybridized carbons (Fsp3) is 0.353. The summed E-state index contributed by atoms with van der Waals surface area (Å²) in [6, 6.07) is 8.89. The molecule has 7 nitrogen and oxygen atoms in total. The number of benzene rings is 1. The normalized spacial score (nSPS) is 11.8. The lowest BCUT2D eigenvalue weighted by molar-refractivity contribution is -0.141. The molecule has 1 unspecified atom stereocenters. The summed E-state index contributed by atoms with van der Waals surface area (Å²) in [7, 11) is 0. The van der Waals surface area contributed by atoms with E-state index >= 15 is 0 Å². The van der Waals surface area contributed by atoms with Gasteiger partial charge < -0.3 is 15.2 Å². The molecule has 2 aromatic rings. The second kappa shape index (κ2) is 8.14. The molecule has 3 N–H and O–H groups in total. The fourth-order valence-corrected chi connectivity index (χ4v) is 2.26. The van der Waals surface area contributed by atoms with Crippen LogP contribution in [-0.2, 0) is 11.2 Å². The van der Waals surface area contributed by atoms with E-state index in [4.69, 9.17) is 4.74 Å². The lowest BCUT2D eigenvalue weighted by atomic mass is 9.99. The molecular weight excluding hydrogens is 310 g/mol. The van der Waals surface area contributed by atoms with Crippen molar-refractivity contribution in [2.75, 3.05) is 13.2 Å². The van der Waals surface area contributed by atoms with E-state index in [9.17, 15) is 14.7 Å². The van der Waals surface area contributed by atoms with Gasteiger partial charge in [0.2, 0.25) is 0 Å². The van der Waals surface area contributed by atoms with Gasteiger partial charge in [-0.1, -0.05) is 12.1 Å². The molecule has 0 aliphatic carbocycles. The highest BCUT2D eigenvalue weighted by atomic mass is 16.5. The molecule has 1 amide bonds. The number of hydrogen-bond donors (Lipinski definition) is 3. The van der Waals surface area contributed by atoms with Gasteiger partial charge in [-0.3, -0.25) is 14.7 Å². The third-order valence-electron chi connectivity index (χ3n) is 3.51. The molecule has 0 radical (unpaired) electrons. The molecule has 0 aliphatic rings. The number of amides is 1. The van der Waals surface area contributed by atoms with E-state index in [0.717, 1.165) is 17.0 Å². The number of aryl methyl sites for hydroxylation is 1. The Morgan fingerprint density at radius 3 is 2.58 bits per heavy atom. The van der Waals surface area contributed by atoms with Gasteiger partial charge in [0.25, 0.3) is 5.91 Å². The topological polar surface area (TPSA) is 104 Å². The van der Waals surface area contributed by atoms with Crippen LogP contribution in [0.3, 0.4) is 0 Å². The Balaban J connectivity index is 1.94. The number of carbonyl (C=O) groups excluding carboxylic acids is 1. The van der Waals surface area contributed by atoms with Crippen LogP contribution < -0.4 is 10.1 Å². The maximum Gasteiger partial charge on any atom is 0.308 e. The van der Waals surface area contributed by atoms with Crippen molar-refractivity contribution in [3.63, 3.8) is 0 Å². The number of carboxylic acid groups (broad SMARTS) is 1. The van der Waals surface area contributed by atoms with Gasteiger partial charge in [-0.2, -0.15) is 5.10 Å². The van der Waals surface area contributed by atoms with Crippen LogP contribution in [0.1, 0.15) is 28.7 Å². The maximum atomic E-state index is 12.0. The summed E-state index contributed by atoms with van der Waals surface area (Å²) in [5.41, 5.74) is 1.89. The van der Waals surface area contributed by atoms with Crippen LogP contribution in [0.5, 0.6) is 5.75 Å². The minimum atomic E-state index is -0.956. The minimum absolute atomic E-state index is 0.0350. The van der Waals surface area contributed by atoms with Crippen LogP contribution in [0.2, 0.25) is 0 Å². The van der Waals surface area contributed by atoms with Gasteiger partial charge in [-0.15, -0.1) is 0 Å². The first-order valence-corrected chi connectivity index (χ1v) is 7.74. The molecule has 1 heterocycles. The molecular formula is C17H21N3O4. The SMILES string of the molecule is CCOc1ccc(CC(CNC(=O)c2cc(C)[nH]n2)C(=O)O)cc1. The van der Waals surface area contributed by atoms with E-state index in [1.165, 1.54) is 0 Å². The summed E-state index contributed by atoms with van der Waals surface area (Å²) in [5, 5.41) is 18.5. The predicted octanol–water partition coefficient (Wildman–Crippen LogP) is 1.79. The van der Waals surface area contributed by atoms with Crippen LogP contribution in [0.4, 0.5) is 0 Å². The molecule has 0 saturated carbocycles. The number of nitrogens with one attached hydrogen (secondary N) is 2. The molecule has 0 spiro atoms. The Hall–Kier alpha value is -2.83. The van der Waals surface area contributed by atoms with Crippen molar-refractivity contribution in [3.05, 3.63) is 47.3 Å². The van der Waals surface area contributed by atoms with Gasteiger partial charge in [0.1, 0.15) is 11.4 Å². The molecule has 1 atom stereocenters. The smallest absolute Gasteiger partial charge is 0.308 e. The second-order valence-corrected chi connectivity index (χ2v) is 5.46. The average Bonchev–Trinajstić information content (AvgIpc) is 2.99. The van der Waals surface area contributed by atoms with E-state index in [1.54, 1.807) is 13.0 Å². The van der Waals surface area contributed by atoms with Gasteiger partial charge in [0.05, 0.1) is 12.5 Å². The first-order valence-electron chi connectivity index (χ1n) is 7.74. The lowest BCUT2D eigenvalue weighted by Crippen LogP contribution is -2.34. The Labute approximate surface area is 140 Å². The van der Waals surface area contributed by atoms with Crippen molar-refractivity contribution in [2.45, 2.75) is 20.3 Å². The number of aromatic amines is 1. The molecule has 1 aromatic carbocycles.